The van der Waals surface area contributed by atoms with Crippen molar-refractivity contribution in [3.05, 3.63) is 0 Å². The van der Waals surface area contributed by atoms with Gasteiger partial charge in [0.2, 0.25) is 0 Å². The molecule has 0 saturated carbocycles. The van der Waals surface area contributed by atoms with Crippen LogP contribution in [0.15, 0.2) is 0 Å². The summed E-state index contributed by atoms with van der Waals surface area (Å²) in [7, 11) is 0. The van der Waals surface area contributed by atoms with Gasteiger partial charge in [0.1, 0.15) is 5.78 Å². The zero-order chi connectivity index (χ0) is 6.57. The summed E-state index contributed by atoms with van der Waals surface area (Å²) in [6, 6.07) is 0. The first-order chi connectivity index (χ1) is 3.63. The number of ketones is 1. The minimum Gasteiger partial charge on any atom is -0.481 e. The van der Waals surface area contributed by atoms with Crippen molar-refractivity contribution < 1.29 is 31.2 Å². The van der Waals surface area contributed by atoms with E-state index in [9.17, 15) is 9.59 Å². The minimum absolute atomic E-state index is 0. The van der Waals surface area contributed by atoms with Crippen molar-refractivity contribution in [3.63, 3.8) is 0 Å². The minimum atomic E-state index is -0.916. The first kappa shape index (κ1) is 11.4. The molecule has 0 aromatic carbocycles. The van der Waals surface area contributed by atoms with E-state index in [2.05, 4.69) is 0 Å². The van der Waals surface area contributed by atoms with E-state index in [0.29, 0.717) is 0 Å². The summed E-state index contributed by atoms with van der Waals surface area (Å²) >= 11 is 0. The van der Waals surface area contributed by atoms with Gasteiger partial charge in [0.05, 0.1) is 6.42 Å². The average Bonchev–Trinajstić information content (AvgIpc) is 1.61. The first-order valence-corrected chi connectivity index (χ1v) is 2.34. The van der Waals surface area contributed by atoms with Crippen molar-refractivity contribution >= 4 is 11.8 Å². The Morgan fingerprint density at radius 3 is 1.89 bits per heavy atom. The molecule has 0 fully saturated rings. The molecule has 0 spiro atoms. The molecule has 9 heavy (non-hydrogen) atoms. The molecule has 0 heterocycles. The van der Waals surface area contributed by atoms with Crippen LogP contribution in [-0.4, -0.2) is 16.9 Å². The van der Waals surface area contributed by atoms with E-state index in [1.54, 1.807) is 0 Å². The molecule has 0 aromatic heterocycles. The van der Waals surface area contributed by atoms with Crippen LogP contribution < -0.4 is 0 Å². The summed E-state index contributed by atoms with van der Waals surface area (Å²) in [5.41, 5.74) is 0. The number of hydrogen-bond acceptors (Lipinski definition) is 2. The Kier molecular flexibility index (Phi) is 7.32. The van der Waals surface area contributed by atoms with Gasteiger partial charge in [0.15, 0.2) is 0 Å². The van der Waals surface area contributed by atoms with Crippen molar-refractivity contribution in [2.75, 3.05) is 0 Å². The summed E-state index contributed by atoms with van der Waals surface area (Å²) in [5, 5.41) is 8.01. The van der Waals surface area contributed by atoms with Gasteiger partial charge in [-0.25, -0.2) is 0 Å². The van der Waals surface area contributed by atoms with Gasteiger partial charge in [0, 0.05) is 22.9 Å². The van der Waals surface area contributed by atoms with Crippen LogP contribution in [0, 0.1) is 0 Å². The fraction of sp³-hybridized carbons (Fsp3) is 0.600. The van der Waals surface area contributed by atoms with E-state index < -0.39 is 5.97 Å². The molecular formula is C5H8NiO3. The summed E-state index contributed by atoms with van der Waals surface area (Å²) in [5.74, 6) is -0.993. The van der Waals surface area contributed by atoms with Gasteiger partial charge in [-0.05, 0) is 6.92 Å². The van der Waals surface area contributed by atoms with Crippen LogP contribution in [-0.2, 0) is 26.1 Å². The smallest absolute Gasteiger partial charge is 0.303 e. The van der Waals surface area contributed by atoms with Crippen molar-refractivity contribution in [3.8, 4) is 0 Å². The Morgan fingerprint density at radius 1 is 1.33 bits per heavy atom. The van der Waals surface area contributed by atoms with Gasteiger partial charge in [-0.2, -0.15) is 0 Å². The number of carboxylic acid groups (broad SMARTS) is 1. The van der Waals surface area contributed by atoms with Crippen LogP contribution in [0.5, 0.6) is 0 Å². The topological polar surface area (TPSA) is 54.4 Å². The number of Topliss-reactive ketones (excluding diaryl/α,β-unsaturated/α-hetero) is 1. The van der Waals surface area contributed by atoms with Gasteiger partial charge in [0.25, 0.3) is 0 Å². The Hall–Kier alpha value is -0.366. The van der Waals surface area contributed by atoms with Crippen LogP contribution >= 0.6 is 0 Å². The van der Waals surface area contributed by atoms with Crippen LogP contribution in [0.2, 0.25) is 0 Å². The third kappa shape index (κ3) is 11.3. The molecule has 0 aliphatic carbocycles. The van der Waals surface area contributed by atoms with Crippen molar-refractivity contribution in [2.24, 2.45) is 0 Å². The fourth-order valence-corrected chi connectivity index (χ4v) is 0.283. The molecular weight excluding hydrogens is 167 g/mol. The van der Waals surface area contributed by atoms with Gasteiger partial charge >= 0.3 is 5.97 Å². The summed E-state index contributed by atoms with van der Waals surface area (Å²) in [4.78, 5) is 19.8. The maximum absolute atomic E-state index is 10.1. The van der Waals surface area contributed by atoms with Crippen molar-refractivity contribution in [1.29, 1.82) is 0 Å². The molecule has 0 aliphatic rings. The molecule has 1 N–H and O–H groups in total. The molecule has 0 saturated heterocycles. The predicted octanol–water partition coefficient (Wildman–Crippen LogP) is 0.438. The van der Waals surface area contributed by atoms with Crippen molar-refractivity contribution in [2.45, 2.75) is 19.8 Å². The Morgan fingerprint density at radius 2 is 1.78 bits per heavy atom. The SMILES string of the molecule is CC(=O)CCC(=O)O.[Ni]. The average molecular weight is 175 g/mol. The van der Waals surface area contributed by atoms with E-state index in [1.165, 1.54) is 6.92 Å². The molecule has 0 amide bonds. The monoisotopic (exact) mass is 174 g/mol. The van der Waals surface area contributed by atoms with Crippen LogP contribution in [0.4, 0.5) is 0 Å². The Balaban J connectivity index is 0. The molecule has 0 bridgehead atoms. The maximum Gasteiger partial charge on any atom is 0.303 e. The van der Waals surface area contributed by atoms with E-state index in [-0.39, 0.29) is 35.1 Å². The van der Waals surface area contributed by atoms with Gasteiger partial charge in [-0.1, -0.05) is 0 Å². The molecule has 3 nitrogen and oxygen atoms in total. The number of aliphatic carboxylic acids is 1. The first-order valence-electron chi connectivity index (χ1n) is 2.34. The zero-order valence-electron chi connectivity index (χ0n) is 4.99. The van der Waals surface area contributed by atoms with Crippen LogP contribution in [0.3, 0.4) is 0 Å². The quantitative estimate of drug-likeness (QED) is 0.632. The van der Waals surface area contributed by atoms with E-state index in [1.807, 2.05) is 0 Å². The number of carboxylic acids is 1. The second-order valence-electron chi connectivity index (χ2n) is 1.60. The largest absolute Gasteiger partial charge is 0.481 e. The third-order valence-corrected chi connectivity index (χ3v) is 0.691. The van der Waals surface area contributed by atoms with Gasteiger partial charge in [-0.3, -0.25) is 4.79 Å². The number of carbonyl (C=O) groups is 2. The second-order valence-corrected chi connectivity index (χ2v) is 1.60. The molecule has 0 unspecified atom stereocenters. The standard InChI is InChI=1S/C5H8O3.Ni/c1-4(6)2-3-5(7)8;/h2-3H2,1H3,(H,7,8);. The van der Waals surface area contributed by atoms with E-state index in [4.69, 9.17) is 5.11 Å². The van der Waals surface area contributed by atoms with Crippen molar-refractivity contribution in [1.82, 2.24) is 0 Å². The van der Waals surface area contributed by atoms with Crippen LogP contribution in [0.25, 0.3) is 0 Å². The van der Waals surface area contributed by atoms with Gasteiger partial charge in [-0.15, -0.1) is 0 Å². The maximum atomic E-state index is 10.1. The molecule has 4 heteroatoms. The third-order valence-electron chi connectivity index (χ3n) is 0.691. The van der Waals surface area contributed by atoms with Crippen LogP contribution in [0.1, 0.15) is 19.8 Å². The summed E-state index contributed by atoms with van der Waals surface area (Å²) in [6.07, 6.45) is 0.102. The predicted molar refractivity (Wildman–Crippen MR) is 27.6 cm³/mol. The number of hydrogen-bond donors (Lipinski definition) is 1. The second kappa shape index (κ2) is 5.76. The van der Waals surface area contributed by atoms with E-state index in [0.717, 1.165) is 0 Å². The molecule has 0 rings (SSSR count). The number of carbonyl (C=O) groups excluding carboxylic acids is 1. The molecule has 0 atom stereocenters. The molecule has 0 aromatic rings. The Labute approximate surface area is 63.4 Å². The van der Waals surface area contributed by atoms with E-state index >= 15 is 0 Å². The fourth-order valence-electron chi connectivity index (χ4n) is 0.283. The normalized spacial score (nSPS) is 7.67. The molecule has 0 aliphatic heterocycles. The summed E-state index contributed by atoms with van der Waals surface area (Å²) < 4.78 is 0. The number of rotatable bonds is 3. The molecule has 56 valence electrons. The summed E-state index contributed by atoms with van der Waals surface area (Å²) in [6.45, 7) is 1.38. The van der Waals surface area contributed by atoms with Gasteiger partial charge < -0.3 is 9.90 Å². The molecule has 0 radical (unpaired) electrons. The zero-order valence-corrected chi connectivity index (χ0v) is 5.98. The Bertz CT molecular complexity index is 96.8.